The Morgan fingerprint density at radius 1 is 0.808 bits per heavy atom. The summed E-state index contributed by atoms with van der Waals surface area (Å²) in [6.45, 7) is 5.68. The number of hydrogen-bond donors (Lipinski definition) is 0. The van der Waals surface area contributed by atoms with Crippen LogP contribution in [0.4, 0.5) is 17.6 Å². The summed E-state index contributed by atoms with van der Waals surface area (Å²) in [7, 11) is 1.62. The summed E-state index contributed by atoms with van der Waals surface area (Å²) in [6, 6.07) is 3.89. The van der Waals surface area contributed by atoms with Gasteiger partial charge in [-0.05, 0) is 19.3 Å². The van der Waals surface area contributed by atoms with E-state index in [-0.39, 0.29) is 0 Å². The third-order valence-electron chi connectivity index (χ3n) is 5.03. The van der Waals surface area contributed by atoms with Gasteiger partial charge in [-0.25, -0.2) is 15.0 Å². The molecule has 2 fully saturated rings. The van der Waals surface area contributed by atoms with Crippen LogP contribution in [-0.4, -0.2) is 66.3 Å². The molecule has 138 valence electrons. The van der Waals surface area contributed by atoms with Crippen molar-refractivity contribution in [2.45, 2.75) is 19.3 Å². The number of ether oxygens (including phenoxy) is 1. The van der Waals surface area contributed by atoms with Crippen LogP contribution in [0.2, 0.25) is 0 Å². The zero-order valence-corrected chi connectivity index (χ0v) is 15.2. The fraction of sp³-hybridized carbons (Fsp3) is 0.556. The third-order valence-corrected chi connectivity index (χ3v) is 5.03. The molecule has 0 unspecified atom stereocenters. The van der Waals surface area contributed by atoms with E-state index in [2.05, 4.69) is 40.7 Å². The SMILES string of the molecule is COc1ccnc(N2CCN(c3cc(N4CCCCC4)ncn3)CC2)n1. The van der Waals surface area contributed by atoms with E-state index < -0.39 is 0 Å². The molecular weight excluding hydrogens is 330 g/mol. The zero-order chi connectivity index (χ0) is 17.8. The van der Waals surface area contributed by atoms with E-state index in [9.17, 15) is 0 Å². The minimum absolute atomic E-state index is 0.597. The smallest absolute Gasteiger partial charge is 0.228 e. The average Bonchev–Trinajstić information content (AvgIpc) is 2.75. The summed E-state index contributed by atoms with van der Waals surface area (Å²) in [6.07, 6.45) is 7.25. The van der Waals surface area contributed by atoms with E-state index in [0.29, 0.717) is 5.88 Å². The fourth-order valence-corrected chi connectivity index (χ4v) is 3.54. The molecule has 4 heterocycles. The highest BCUT2D eigenvalue weighted by Crippen LogP contribution is 2.23. The van der Waals surface area contributed by atoms with Gasteiger partial charge in [0, 0.05) is 57.6 Å². The quantitative estimate of drug-likeness (QED) is 0.819. The van der Waals surface area contributed by atoms with Gasteiger partial charge in [-0.1, -0.05) is 0 Å². The monoisotopic (exact) mass is 355 g/mol. The first kappa shape index (κ1) is 16.8. The summed E-state index contributed by atoms with van der Waals surface area (Å²) >= 11 is 0. The maximum atomic E-state index is 5.20. The lowest BCUT2D eigenvalue weighted by molar-refractivity contribution is 0.396. The van der Waals surface area contributed by atoms with Gasteiger partial charge < -0.3 is 19.4 Å². The fourth-order valence-electron chi connectivity index (χ4n) is 3.54. The van der Waals surface area contributed by atoms with Crippen LogP contribution in [0.3, 0.4) is 0 Å². The predicted octanol–water partition coefficient (Wildman–Crippen LogP) is 1.59. The van der Waals surface area contributed by atoms with Crippen molar-refractivity contribution >= 4 is 17.6 Å². The van der Waals surface area contributed by atoms with Gasteiger partial charge >= 0.3 is 0 Å². The number of methoxy groups -OCH3 is 1. The van der Waals surface area contributed by atoms with E-state index in [1.165, 1.54) is 19.3 Å². The molecule has 8 nitrogen and oxygen atoms in total. The molecule has 26 heavy (non-hydrogen) atoms. The van der Waals surface area contributed by atoms with Crippen molar-refractivity contribution in [3.05, 3.63) is 24.7 Å². The normalized spacial score (nSPS) is 18.1. The molecule has 0 aromatic carbocycles. The first-order valence-corrected chi connectivity index (χ1v) is 9.27. The van der Waals surface area contributed by atoms with Crippen LogP contribution >= 0.6 is 0 Å². The number of piperidine rings is 1. The standard InChI is InChI=1S/C18H25N7O/c1-26-17-5-6-19-18(22-17)25-11-9-24(10-12-25)16-13-15(20-14-21-16)23-7-3-2-4-8-23/h5-6,13-14H,2-4,7-12H2,1H3. The molecule has 2 aliphatic heterocycles. The highest BCUT2D eigenvalue weighted by molar-refractivity contribution is 5.51. The van der Waals surface area contributed by atoms with Crippen LogP contribution in [0.1, 0.15) is 19.3 Å². The van der Waals surface area contributed by atoms with Gasteiger partial charge in [0.15, 0.2) is 0 Å². The Morgan fingerprint density at radius 2 is 1.46 bits per heavy atom. The maximum absolute atomic E-state index is 5.20. The van der Waals surface area contributed by atoms with Gasteiger partial charge in [0.1, 0.15) is 18.0 Å². The van der Waals surface area contributed by atoms with Gasteiger partial charge in [0.25, 0.3) is 0 Å². The predicted molar refractivity (Wildman–Crippen MR) is 101 cm³/mol. The Kier molecular flexibility index (Phi) is 4.99. The number of nitrogens with zero attached hydrogens (tertiary/aromatic N) is 7. The summed E-state index contributed by atoms with van der Waals surface area (Å²) in [5.74, 6) is 3.38. The second-order valence-electron chi connectivity index (χ2n) is 6.66. The van der Waals surface area contributed by atoms with Crippen LogP contribution in [0, 0.1) is 0 Å². The highest BCUT2D eigenvalue weighted by atomic mass is 16.5. The Morgan fingerprint density at radius 3 is 2.15 bits per heavy atom. The van der Waals surface area contributed by atoms with E-state index >= 15 is 0 Å². The molecule has 0 aliphatic carbocycles. The second kappa shape index (κ2) is 7.72. The van der Waals surface area contributed by atoms with Crippen LogP contribution in [0.25, 0.3) is 0 Å². The van der Waals surface area contributed by atoms with Crippen molar-refractivity contribution in [2.75, 3.05) is 61.1 Å². The maximum Gasteiger partial charge on any atom is 0.228 e. The van der Waals surface area contributed by atoms with Crippen molar-refractivity contribution in [3.8, 4) is 5.88 Å². The molecule has 0 N–H and O–H groups in total. The molecule has 8 heteroatoms. The summed E-state index contributed by atoms with van der Waals surface area (Å²) < 4.78 is 5.20. The van der Waals surface area contributed by atoms with Crippen molar-refractivity contribution in [1.82, 2.24) is 19.9 Å². The molecule has 2 aromatic rings. The molecule has 2 aromatic heterocycles. The molecule has 0 atom stereocenters. The number of hydrogen-bond acceptors (Lipinski definition) is 8. The third kappa shape index (κ3) is 3.63. The molecule has 4 rings (SSSR count). The molecule has 0 radical (unpaired) electrons. The summed E-state index contributed by atoms with van der Waals surface area (Å²) in [5.41, 5.74) is 0. The van der Waals surface area contributed by atoms with Crippen molar-refractivity contribution in [2.24, 2.45) is 0 Å². The van der Waals surface area contributed by atoms with Crippen molar-refractivity contribution < 1.29 is 4.74 Å². The largest absolute Gasteiger partial charge is 0.481 e. The molecule has 0 amide bonds. The Bertz CT molecular complexity index is 727. The number of piperazine rings is 1. The van der Waals surface area contributed by atoms with Crippen LogP contribution < -0.4 is 19.4 Å². The Hall–Kier alpha value is -2.64. The van der Waals surface area contributed by atoms with Crippen LogP contribution in [0.15, 0.2) is 24.7 Å². The summed E-state index contributed by atoms with van der Waals surface area (Å²) in [4.78, 5) is 24.7. The molecule has 2 aliphatic rings. The van der Waals surface area contributed by atoms with Gasteiger partial charge in [-0.2, -0.15) is 4.98 Å². The Balaban J connectivity index is 1.41. The molecular formula is C18H25N7O. The van der Waals surface area contributed by atoms with Gasteiger partial charge in [0.2, 0.25) is 11.8 Å². The number of anilines is 3. The van der Waals surface area contributed by atoms with Gasteiger partial charge in [-0.3, -0.25) is 0 Å². The highest BCUT2D eigenvalue weighted by Gasteiger charge is 2.21. The Labute approximate surface area is 153 Å². The number of aromatic nitrogens is 4. The lowest BCUT2D eigenvalue weighted by atomic mass is 10.1. The lowest BCUT2D eigenvalue weighted by Crippen LogP contribution is -2.47. The average molecular weight is 355 g/mol. The van der Waals surface area contributed by atoms with Gasteiger partial charge in [-0.15, -0.1) is 0 Å². The lowest BCUT2D eigenvalue weighted by Gasteiger charge is -2.36. The van der Waals surface area contributed by atoms with Crippen LogP contribution in [-0.2, 0) is 0 Å². The minimum Gasteiger partial charge on any atom is -0.481 e. The topological polar surface area (TPSA) is 70.5 Å². The first-order chi connectivity index (χ1) is 12.8. The van der Waals surface area contributed by atoms with E-state index in [1.807, 2.05) is 0 Å². The molecule has 0 bridgehead atoms. The van der Waals surface area contributed by atoms with E-state index in [0.717, 1.165) is 56.9 Å². The van der Waals surface area contributed by atoms with Crippen molar-refractivity contribution in [1.29, 1.82) is 0 Å². The molecule has 0 spiro atoms. The van der Waals surface area contributed by atoms with Crippen molar-refractivity contribution in [3.63, 3.8) is 0 Å². The number of rotatable bonds is 4. The summed E-state index contributed by atoms with van der Waals surface area (Å²) in [5, 5.41) is 0. The van der Waals surface area contributed by atoms with Gasteiger partial charge in [0.05, 0.1) is 7.11 Å². The molecule has 0 saturated carbocycles. The molecule has 2 saturated heterocycles. The van der Waals surface area contributed by atoms with Crippen LogP contribution in [0.5, 0.6) is 5.88 Å². The van der Waals surface area contributed by atoms with E-state index in [4.69, 9.17) is 4.74 Å². The minimum atomic E-state index is 0.597. The first-order valence-electron chi connectivity index (χ1n) is 9.27. The zero-order valence-electron chi connectivity index (χ0n) is 15.2. The second-order valence-corrected chi connectivity index (χ2v) is 6.66. The van der Waals surface area contributed by atoms with E-state index in [1.54, 1.807) is 25.7 Å².